The van der Waals surface area contributed by atoms with Crippen molar-refractivity contribution in [1.82, 2.24) is 16.0 Å². The van der Waals surface area contributed by atoms with Gasteiger partial charge in [-0.25, -0.2) is 4.79 Å². The van der Waals surface area contributed by atoms with E-state index >= 15 is 0 Å². The molecule has 1 unspecified atom stereocenters. The number of rotatable bonds is 5. The van der Waals surface area contributed by atoms with Crippen LogP contribution < -0.4 is 21.7 Å². The highest BCUT2D eigenvalue weighted by atomic mass is 16.2. The van der Waals surface area contributed by atoms with Crippen LogP contribution in [0.3, 0.4) is 0 Å². The Kier molecular flexibility index (Phi) is 6.12. The topological polar surface area (TPSA) is 113 Å². The van der Waals surface area contributed by atoms with Gasteiger partial charge in [-0.2, -0.15) is 0 Å². The first-order chi connectivity index (χ1) is 10.6. The summed E-state index contributed by atoms with van der Waals surface area (Å²) >= 11 is 0. The number of carbonyl (C=O) groups is 3. The number of primary amides is 1. The molecule has 0 heterocycles. The Hall–Kier alpha value is -2.57. The zero-order valence-corrected chi connectivity index (χ0v) is 13.9. The van der Waals surface area contributed by atoms with E-state index < -0.39 is 12.1 Å². The van der Waals surface area contributed by atoms with Crippen molar-refractivity contribution in [2.75, 3.05) is 0 Å². The summed E-state index contributed by atoms with van der Waals surface area (Å²) in [4.78, 5) is 34.7. The van der Waals surface area contributed by atoms with E-state index in [9.17, 15) is 14.4 Å². The smallest absolute Gasteiger partial charge is 0.312 e. The van der Waals surface area contributed by atoms with Gasteiger partial charge in [0, 0.05) is 17.6 Å². The van der Waals surface area contributed by atoms with Gasteiger partial charge in [-0.1, -0.05) is 12.1 Å². The zero-order valence-electron chi connectivity index (χ0n) is 13.9. The van der Waals surface area contributed by atoms with E-state index in [4.69, 9.17) is 5.73 Å². The maximum atomic E-state index is 12.1. The lowest BCUT2D eigenvalue weighted by Crippen LogP contribution is -2.50. The minimum absolute atomic E-state index is 0.242. The SMILES string of the molecule is CC(NC(=O)c1ccc(CNC(N)=O)cc1)C(=O)NC(C)(C)C. The first-order valence-corrected chi connectivity index (χ1v) is 7.33. The Morgan fingerprint density at radius 2 is 1.70 bits per heavy atom. The average Bonchev–Trinajstić information content (AvgIpc) is 2.43. The molecule has 0 saturated carbocycles. The predicted octanol–water partition coefficient (Wildman–Crippen LogP) is 0.888. The van der Waals surface area contributed by atoms with Crippen molar-refractivity contribution < 1.29 is 14.4 Å². The third-order valence-corrected chi connectivity index (χ3v) is 2.92. The Bertz CT molecular complexity index is 576. The van der Waals surface area contributed by atoms with E-state index in [1.807, 2.05) is 20.8 Å². The van der Waals surface area contributed by atoms with Gasteiger partial charge in [0.25, 0.3) is 5.91 Å². The molecular formula is C16H24N4O3. The van der Waals surface area contributed by atoms with Crippen molar-refractivity contribution in [2.24, 2.45) is 5.73 Å². The summed E-state index contributed by atoms with van der Waals surface area (Å²) in [6, 6.07) is 5.43. The maximum absolute atomic E-state index is 12.1. The number of nitrogens with two attached hydrogens (primary N) is 1. The van der Waals surface area contributed by atoms with Gasteiger partial charge in [0.1, 0.15) is 6.04 Å². The molecule has 1 aromatic carbocycles. The summed E-state index contributed by atoms with van der Waals surface area (Å²) in [5.74, 6) is -0.580. The minimum atomic E-state index is -0.641. The van der Waals surface area contributed by atoms with Gasteiger partial charge in [0.2, 0.25) is 5.91 Å². The summed E-state index contributed by atoms with van der Waals surface area (Å²) in [6.07, 6.45) is 0. The van der Waals surface area contributed by atoms with Crippen LogP contribution in [-0.4, -0.2) is 29.4 Å². The summed E-state index contributed by atoms with van der Waals surface area (Å²) < 4.78 is 0. The molecule has 0 aliphatic heterocycles. The summed E-state index contributed by atoms with van der Waals surface area (Å²) in [6.45, 7) is 7.54. The fraction of sp³-hybridized carbons (Fsp3) is 0.438. The molecule has 0 aliphatic rings. The molecular weight excluding hydrogens is 296 g/mol. The average molecular weight is 320 g/mol. The number of hydrogen-bond donors (Lipinski definition) is 4. The normalized spacial score (nSPS) is 12.2. The number of urea groups is 1. The molecule has 0 spiro atoms. The van der Waals surface area contributed by atoms with Crippen molar-refractivity contribution in [1.29, 1.82) is 0 Å². The van der Waals surface area contributed by atoms with Gasteiger partial charge >= 0.3 is 6.03 Å². The molecule has 126 valence electrons. The van der Waals surface area contributed by atoms with Gasteiger partial charge in [0.15, 0.2) is 0 Å². The van der Waals surface area contributed by atoms with Crippen LogP contribution >= 0.6 is 0 Å². The van der Waals surface area contributed by atoms with Crippen molar-refractivity contribution in [3.05, 3.63) is 35.4 Å². The molecule has 4 amide bonds. The van der Waals surface area contributed by atoms with Crippen LogP contribution in [0.2, 0.25) is 0 Å². The molecule has 0 aromatic heterocycles. The number of nitrogens with one attached hydrogen (secondary N) is 3. The van der Waals surface area contributed by atoms with Gasteiger partial charge in [-0.15, -0.1) is 0 Å². The van der Waals surface area contributed by atoms with Gasteiger partial charge in [-0.3, -0.25) is 9.59 Å². The first kappa shape index (κ1) is 18.5. The molecule has 1 rings (SSSR count). The Balaban J connectivity index is 2.60. The lowest BCUT2D eigenvalue weighted by Gasteiger charge is -2.23. The largest absolute Gasteiger partial charge is 0.352 e. The lowest BCUT2D eigenvalue weighted by molar-refractivity contribution is -0.124. The summed E-state index contributed by atoms with van der Waals surface area (Å²) in [5.41, 5.74) is 5.89. The van der Waals surface area contributed by atoms with E-state index in [1.54, 1.807) is 31.2 Å². The Morgan fingerprint density at radius 3 is 2.17 bits per heavy atom. The predicted molar refractivity (Wildman–Crippen MR) is 87.7 cm³/mol. The van der Waals surface area contributed by atoms with Crippen LogP contribution in [0.4, 0.5) is 4.79 Å². The van der Waals surface area contributed by atoms with E-state index in [2.05, 4.69) is 16.0 Å². The zero-order chi connectivity index (χ0) is 17.6. The molecule has 5 N–H and O–H groups in total. The molecule has 0 aliphatic carbocycles. The number of benzene rings is 1. The van der Waals surface area contributed by atoms with Crippen LogP contribution in [-0.2, 0) is 11.3 Å². The van der Waals surface area contributed by atoms with E-state index in [1.165, 1.54) is 0 Å². The first-order valence-electron chi connectivity index (χ1n) is 7.33. The molecule has 7 heteroatoms. The standard InChI is InChI=1S/C16H24N4O3/c1-10(13(21)20-16(2,3)4)19-14(22)12-7-5-11(6-8-12)9-18-15(17)23/h5-8,10H,9H2,1-4H3,(H,19,22)(H,20,21)(H3,17,18,23). The van der Waals surface area contributed by atoms with Crippen LogP contribution in [0.5, 0.6) is 0 Å². The second kappa shape index (κ2) is 7.62. The van der Waals surface area contributed by atoms with E-state index in [-0.39, 0.29) is 17.4 Å². The Labute approximate surface area is 136 Å². The molecule has 0 radical (unpaired) electrons. The summed E-state index contributed by atoms with van der Waals surface area (Å²) in [5, 5.41) is 7.92. The molecule has 23 heavy (non-hydrogen) atoms. The van der Waals surface area contributed by atoms with Gasteiger partial charge < -0.3 is 21.7 Å². The van der Waals surface area contributed by atoms with E-state index in [0.717, 1.165) is 5.56 Å². The van der Waals surface area contributed by atoms with Crippen LogP contribution in [0.15, 0.2) is 24.3 Å². The third kappa shape index (κ3) is 6.82. The second-order valence-corrected chi connectivity index (χ2v) is 6.35. The third-order valence-electron chi connectivity index (χ3n) is 2.92. The van der Waals surface area contributed by atoms with Crippen molar-refractivity contribution in [3.63, 3.8) is 0 Å². The molecule has 1 atom stereocenters. The van der Waals surface area contributed by atoms with Gasteiger partial charge in [0.05, 0.1) is 0 Å². The lowest BCUT2D eigenvalue weighted by atomic mass is 10.1. The number of amides is 4. The monoisotopic (exact) mass is 320 g/mol. The highest BCUT2D eigenvalue weighted by Crippen LogP contribution is 2.05. The van der Waals surface area contributed by atoms with Crippen molar-refractivity contribution in [2.45, 2.75) is 45.8 Å². The quantitative estimate of drug-likeness (QED) is 0.646. The van der Waals surface area contributed by atoms with Crippen LogP contribution in [0.1, 0.15) is 43.6 Å². The second-order valence-electron chi connectivity index (χ2n) is 6.35. The summed E-state index contributed by atoms with van der Waals surface area (Å²) in [7, 11) is 0. The van der Waals surface area contributed by atoms with Gasteiger partial charge in [-0.05, 0) is 45.4 Å². The Morgan fingerprint density at radius 1 is 1.13 bits per heavy atom. The highest BCUT2D eigenvalue weighted by Gasteiger charge is 2.21. The fourth-order valence-corrected chi connectivity index (χ4v) is 1.79. The van der Waals surface area contributed by atoms with Crippen LogP contribution in [0.25, 0.3) is 0 Å². The number of hydrogen-bond acceptors (Lipinski definition) is 3. The number of carbonyl (C=O) groups excluding carboxylic acids is 3. The minimum Gasteiger partial charge on any atom is -0.352 e. The van der Waals surface area contributed by atoms with Crippen LogP contribution in [0, 0.1) is 0 Å². The highest BCUT2D eigenvalue weighted by molar-refractivity contribution is 5.97. The van der Waals surface area contributed by atoms with Crippen molar-refractivity contribution in [3.8, 4) is 0 Å². The molecule has 7 nitrogen and oxygen atoms in total. The maximum Gasteiger partial charge on any atom is 0.312 e. The molecule has 1 aromatic rings. The molecule has 0 fully saturated rings. The molecule has 0 bridgehead atoms. The van der Waals surface area contributed by atoms with Crippen molar-refractivity contribution >= 4 is 17.8 Å². The molecule has 0 saturated heterocycles. The van der Waals surface area contributed by atoms with E-state index in [0.29, 0.717) is 12.1 Å². The fourth-order valence-electron chi connectivity index (χ4n) is 1.79.